The molecule has 3 aromatic rings. The number of anilines is 2. The topological polar surface area (TPSA) is 84.5 Å². The molecule has 0 bridgehead atoms. The second-order valence-corrected chi connectivity index (χ2v) is 8.65. The van der Waals surface area contributed by atoms with Gasteiger partial charge in [0.1, 0.15) is 5.75 Å². The van der Waals surface area contributed by atoms with E-state index in [4.69, 9.17) is 16.3 Å². The van der Waals surface area contributed by atoms with Crippen molar-refractivity contribution in [1.82, 2.24) is 0 Å². The summed E-state index contributed by atoms with van der Waals surface area (Å²) in [5, 5.41) is 3.13. The highest BCUT2D eigenvalue weighted by molar-refractivity contribution is 7.92. The van der Waals surface area contributed by atoms with Gasteiger partial charge in [0, 0.05) is 16.3 Å². The maximum atomic E-state index is 12.9. The first-order chi connectivity index (χ1) is 14.3. The molecule has 2 N–H and O–H groups in total. The highest BCUT2D eigenvalue weighted by Crippen LogP contribution is 2.29. The van der Waals surface area contributed by atoms with Crippen molar-refractivity contribution in [2.24, 2.45) is 0 Å². The first-order valence-electron chi connectivity index (χ1n) is 9.22. The fourth-order valence-electron chi connectivity index (χ4n) is 2.80. The standard InChI is InChI=1S/C22H21ClN2O4S/c1-3-29-21-11-10-19(30(27,28)25-18-9-4-6-15(2)12-18)14-20(21)24-22(26)16-7-5-8-17(23)13-16/h4-14,25H,3H2,1-2H3,(H,24,26). The van der Waals surface area contributed by atoms with Gasteiger partial charge in [-0.3, -0.25) is 9.52 Å². The zero-order valence-electron chi connectivity index (χ0n) is 16.5. The second kappa shape index (κ2) is 9.19. The van der Waals surface area contributed by atoms with Crippen LogP contribution in [0.3, 0.4) is 0 Å². The number of hydrogen-bond donors (Lipinski definition) is 2. The first kappa shape index (κ1) is 21.7. The van der Waals surface area contributed by atoms with Crippen molar-refractivity contribution in [2.45, 2.75) is 18.7 Å². The predicted octanol–water partition coefficient (Wildman–Crippen LogP) is 5.10. The van der Waals surface area contributed by atoms with E-state index in [1.165, 1.54) is 24.3 Å². The van der Waals surface area contributed by atoms with E-state index in [1.54, 1.807) is 43.3 Å². The normalized spacial score (nSPS) is 11.0. The molecule has 0 spiro atoms. The molecule has 8 heteroatoms. The average Bonchev–Trinajstić information content (AvgIpc) is 2.69. The monoisotopic (exact) mass is 444 g/mol. The largest absolute Gasteiger partial charge is 0.492 e. The third-order valence-corrected chi connectivity index (χ3v) is 5.78. The highest BCUT2D eigenvalue weighted by atomic mass is 35.5. The van der Waals surface area contributed by atoms with Crippen LogP contribution in [0.15, 0.2) is 71.6 Å². The van der Waals surface area contributed by atoms with E-state index >= 15 is 0 Å². The molecule has 0 saturated heterocycles. The Morgan fingerprint density at radius 2 is 1.80 bits per heavy atom. The Morgan fingerprint density at radius 3 is 2.50 bits per heavy atom. The molecule has 156 valence electrons. The summed E-state index contributed by atoms with van der Waals surface area (Å²) in [4.78, 5) is 12.6. The number of benzene rings is 3. The van der Waals surface area contributed by atoms with Crippen LogP contribution in [0.4, 0.5) is 11.4 Å². The van der Waals surface area contributed by atoms with Crippen molar-refractivity contribution >= 4 is 38.9 Å². The number of halogens is 1. The summed E-state index contributed by atoms with van der Waals surface area (Å²) < 4.78 is 33.8. The fraction of sp³-hybridized carbons (Fsp3) is 0.136. The molecule has 0 atom stereocenters. The van der Waals surface area contributed by atoms with E-state index in [0.717, 1.165) is 5.56 Å². The highest BCUT2D eigenvalue weighted by Gasteiger charge is 2.19. The third kappa shape index (κ3) is 5.31. The van der Waals surface area contributed by atoms with E-state index in [-0.39, 0.29) is 10.6 Å². The van der Waals surface area contributed by atoms with Gasteiger partial charge in [0.25, 0.3) is 15.9 Å². The number of aryl methyl sites for hydroxylation is 1. The lowest BCUT2D eigenvalue weighted by molar-refractivity contribution is 0.102. The van der Waals surface area contributed by atoms with Gasteiger partial charge in [0.2, 0.25) is 0 Å². The van der Waals surface area contributed by atoms with Gasteiger partial charge in [-0.15, -0.1) is 0 Å². The summed E-state index contributed by atoms with van der Waals surface area (Å²) >= 11 is 5.95. The molecule has 0 aliphatic rings. The second-order valence-electron chi connectivity index (χ2n) is 6.53. The predicted molar refractivity (Wildman–Crippen MR) is 119 cm³/mol. The van der Waals surface area contributed by atoms with Crippen molar-refractivity contribution in [3.63, 3.8) is 0 Å². The minimum Gasteiger partial charge on any atom is -0.492 e. The molecular weight excluding hydrogens is 424 g/mol. The summed E-state index contributed by atoms with van der Waals surface area (Å²) in [5.74, 6) is -0.0676. The molecule has 1 amide bonds. The summed E-state index contributed by atoms with van der Waals surface area (Å²) in [7, 11) is -3.87. The lowest BCUT2D eigenvalue weighted by atomic mass is 10.2. The van der Waals surface area contributed by atoms with Crippen molar-refractivity contribution in [3.8, 4) is 5.75 Å². The summed E-state index contributed by atoms with van der Waals surface area (Å²) in [6.45, 7) is 4.03. The van der Waals surface area contributed by atoms with Gasteiger partial charge < -0.3 is 10.1 Å². The van der Waals surface area contributed by atoms with Crippen LogP contribution in [0.1, 0.15) is 22.8 Å². The first-order valence-corrected chi connectivity index (χ1v) is 11.1. The smallest absolute Gasteiger partial charge is 0.261 e. The Labute approximate surface area is 180 Å². The average molecular weight is 445 g/mol. The Balaban J connectivity index is 1.92. The number of nitrogens with one attached hydrogen (secondary N) is 2. The van der Waals surface area contributed by atoms with Crippen molar-refractivity contribution in [3.05, 3.63) is 82.9 Å². The molecule has 0 saturated carbocycles. The van der Waals surface area contributed by atoms with E-state index in [2.05, 4.69) is 10.0 Å². The van der Waals surface area contributed by atoms with Crippen LogP contribution < -0.4 is 14.8 Å². The van der Waals surface area contributed by atoms with Gasteiger partial charge >= 0.3 is 0 Å². The number of carbonyl (C=O) groups is 1. The maximum Gasteiger partial charge on any atom is 0.261 e. The van der Waals surface area contributed by atoms with Crippen molar-refractivity contribution < 1.29 is 17.9 Å². The Hall–Kier alpha value is -3.03. The Morgan fingerprint density at radius 1 is 1.03 bits per heavy atom. The fourth-order valence-corrected chi connectivity index (χ4v) is 4.07. The molecule has 3 rings (SSSR count). The molecule has 0 unspecified atom stereocenters. The van der Waals surface area contributed by atoms with E-state index in [0.29, 0.717) is 28.6 Å². The summed E-state index contributed by atoms with van der Waals surface area (Å²) in [6, 6.07) is 17.8. The number of hydrogen-bond acceptors (Lipinski definition) is 4. The number of rotatable bonds is 7. The molecular formula is C22H21ClN2O4S. The van der Waals surface area contributed by atoms with Crippen LogP contribution in [0.25, 0.3) is 0 Å². The lowest BCUT2D eigenvalue weighted by Gasteiger charge is -2.14. The third-order valence-electron chi connectivity index (χ3n) is 4.17. The molecule has 3 aromatic carbocycles. The molecule has 0 heterocycles. The van der Waals surface area contributed by atoms with E-state index in [9.17, 15) is 13.2 Å². The van der Waals surface area contributed by atoms with Crippen LogP contribution in [0.2, 0.25) is 5.02 Å². The molecule has 0 aliphatic heterocycles. The maximum absolute atomic E-state index is 12.9. The van der Waals surface area contributed by atoms with Crippen molar-refractivity contribution in [2.75, 3.05) is 16.6 Å². The minimum absolute atomic E-state index is 0.00569. The van der Waals surface area contributed by atoms with Crippen LogP contribution in [0.5, 0.6) is 5.75 Å². The molecule has 0 radical (unpaired) electrons. The van der Waals surface area contributed by atoms with E-state index in [1.807, 2.05) is 13.0 Å². The van der Waals surface area contributed by atoms with Crippen LogP contribution in [-0.2, 0) is 10.0 Å². The zero-order chi connectivity index (χ0) is 21.7. The number of sulfonamides is 1. The van der Waals surface area contributed by atoms with Crippen LogP contribution in [0, 0.1) is 6.92 Å². The zero-order valence-corrected chi connectivity index (χ0v) is 18.0. The van der Waals surface area contributed by atoms with Gasteiger partial charge in [-0.2, -0.15) is 0 Å². The van der Waals surface area contributed by atoms with Gasteiger partial charge in [-0.05, 0) is 67.9 Å². The Bertz CT molecular complexity index is 1180. The molecule has 6 nitrogen and oxygen atoms in total. The number of carbonyl (C=O) groups excluding carboxylic acids is 1. The summed E-state index contributed by atoms with van der Waals surface area (Å²) in [5.41, 5.74) is 1.97. The van der Waals surface area contributed by atoms with Crippen LogP contribution in [-0.4, -0.2) is 20.9 Å². The minimum atomic E-state index is -3.87. The molecule has 0 aromatic heterocycles. The molecule has 0 aliphatic carbocycles. The SMILES string of the molecule is CCOc1ccc(S(=O)(=O)Nc2cccc(C)c2)cc1NC(=O)c1cccc(Cl)c1. The number of ether oxygens (including phenoxy) is 1. The summed E-state index contributed by atoms with van der Waals surface area (Å²) in [6.07, 6.45) is 0. The van der Waals surface area contributed by atoms with Crippen molar-refractivity contribution in [1.29, 1.82) is 0 Å². The van der Waals surface area contributed by atoms with Gasteiger partial charge in [0.05, 0.1) is 17.2 Å². The lowest BCUT2D eigenvalue weighted by Crippen LogP contribution is -2.16. The quantitative estimate of drug-likeness (QED) is 0.531. The molecule has 30 heavy (non-hydrogen) atoms. The van der Waals surface area contributed by atoms with Gasteiger partial charge in [0.15, 0.2) is 0 Å². The number of amides is 1. The molecule has 0 fully saturated rings. The Kier molecular flexibility index (Phi) is 6.64. The van der Waals surface area contributed by atoms with Gasteiger partial charge in [-0.1, -0.05) is 29.8 Å². The van der Waals surface area contributed by atoms with E-state index < -0.39 is 15.9 Å². The van der Waals surface area contributed by atoms with Gasteiger partial charge in [-0.25, -0.2) is 8.42 Å². The van der Waals surface area contributed by atoms with Crippen LogP contribution >= 0.6 is 11.6 Å².